The van der Waals surface area contributed by atoms with E-state index in [1.165, 1.54) is 0 Å². The second kappa shape index (κ2) is 7.53. The molecule has 0 saturated carbocycles. The lowest BCUT2D eigenvalue weighted by Crippen LogP contribution is -2.38. The van der Waals surface area contributed by atoms with Gasteiger partial charge in [-0.3, -0.25) is 9.59 Å². The van der Waals surface area contributed by atoms with Crippen LogP contribution in [0.4, 0.5) is 0 Å². The molecule has 1 amide bonds. The minimum atomic E-state index is -0.762. The number of para-hydroxylation sites is 1. The summed E-state index contributed by atoms with van der Waals surface area (Å²) in [6, 6.07) is 7.90. The minimum Gasteiger partial charge on any atom is -0.452 e. The highest BCUT2D eigenvalue weighted by Crippen LogP contribution is 2.25. The van der Waals surface area contributed by atoms with Crippen LogP contribution in [0.5, 0.6) is 0 Å². The molecule has 0 bridgehead atoms. The first-order valence-electron chi connectivity index (χ1n) is 7.92. The summed E-state index contributed by atoms with van der Waals surface area (Å²) in [5.41, 5.74) is 0.941. The zero-order valence-electron chi connectivity index (χ0n) is 13.7. The first kappa shape index (κ1) is 17.2. The van der Waals surface area contributed by atoms with Crippen molar-refractivity contribution in [2.24, 2.45) is 5.92 Å². The lowest BCUT2D eigenvalue weighted by atomic mass is 10.1. The van der Waals surface area contributed by atoms with Crippen molar-refractivity contribution in [3.05, 3.63) is 29.3 Å². The number of carbonyl (C=O) groups excluding carboxylic acids is 2. The van der Waals surface area contributed by atoms with Gasteiger partial charge in [0.15, 0.2) is 6.10 Å². The first-order chi connectivity index (χ1) is 11.5. The van der Waals surface area contributed by atoms with E-state index in [9.17, 15) is 9.59 Å². The van der Waals surface area contributed by atoms with Crippen LogP contribution in [0.15, 0.2) is 24.3 Å². The molecule has 1 aliphatic rings. The SMILES string of the molecule is C[C@H](OC(=O)[C@@H]1CCSC1)C(=O)N(C)Cc1nc2ccccc2s1. The summed E-state index contributed by atoms with van der Waals surface area (Å²) < 4.78 is 6.46. The highest BCUT2D eigenvalue weighted by Gasteiger charge is 2.29. The monoisotopic (exact) mass is 364 g/mol. The zero-order chi connectivity index (χ0) is 17.1. The predicted octanol–water partition coefficient (Wildman–Crippen LogP) is 2.94. The van der Waals surface area contributed by atoms with Gasteiger partial charge in [0.1, 0.15) is 5.01 Å². The molecule has 2 atom stereocenters. The van der Waals surface area contributed by atoms with Gasteiger partial charge in [-0.2, -0.15) is 11.8 Å². The fraction of sp³-hybridized carbons (Fsp3) is 0.471. The molecule has 24 heavy (non-hydrogen) atoms. The molecule has 1 aromatic heterocycles. The van der Waals surface area contributed by atoms with Gasteiger partial charge >= 0.3 is 5.97 Å². The van der Waals surface area contributed by atoms with E-state index in [-0.39, 0.29) is 17.8 Å². The van der Waals surface area contributed by atoms with E-state index in [0.717, 1.165) is 33.2 Å². The molecular weight excluding hydrogens is 344 g/mol. The highest BCUT2D eigenvalue weighted by molar-refractivity contribution is 7.99. The van der Waals surface area contributed by atoms with E-state index in [1.807, 2.05) is 24.3 Å². The van der Waals surface area contributed by atoms with E-state index in [1.54, 1.807) is 42.0 Å². The van der Waals surface area contributed by atoms with Crippen LogP contribution in [-0.4, -0.2) is 46.4 Å². The number of benzene rings is 1. The van der Waals surface area contributed by atoms with Gasteiger partial charge < -0.3 is 9.64 Å². The lowest BCUT2D eigenvalue weighted by molar-refractivity contribution is -0.161. The van der Waals surface area contributed by atoms with Crippen LogP contribution in [0.25, 0.3) is 10.2 Å². The molecule has 0 N–H and O–H groups in total. The molecule has 1 aliphatic heterocycles. The standard InChI is InChI=1S/C17H20N2O3S2/c1-11(22-17(21)12-7-8-23-10-12)16(20)19(2)9-15-18-13-5-3-4-6-14(13)24-15/h3-6,11-12H,7-10H2,1-2H3/t11-,12+/m0/s1. The molecular formula is C17H20N2O3S2. The predicted molar refractivity (Wildman–Crippen MR) is 97.1 cm³/mol. The average Bonchev–Trinajstić information content (AvgIpc) is 3.22. The maximum Gasteiger partial charge on any atom is 0.310 e. The maximum atomic E-state index is 12.4. The Labute approximate surface area is 149 Å². The van der Waals surface area contributed by atoms with E-state index in [2.05, 4.69) is 4.98 Å². The maximum absolute atomic E-state index is 12.4. The summed E-state index contributed by atoms with van der Waals surface area (Å²) in [7, 11) is 1.71. The van der Waals surface area contributed by atoms with Crippen molar-refractivity contribution in [3.8, 4) is 0 Å². The largest absolute Gasteiger partial charge is 0.452 e. The van der Waals surface area contributed by atoms with E-state index in [0.29, 0.717) is 6.54 Å². The second-order valence-electron chi connectivity index (χ2n) is 5.91. The third kappa shape index (κ3) is 3.89. The van der Waals surface area contributed by atoms with Gasteiger partial charge in [0.25, 0.3) is 5.91 Å². The Kier molecular flexibility index (Phi) is 5.40. The Morgan fingerprint density at radius 1 is 1.42 bits per heavy atom. The number of carbonyl (C=O) groups is 2. The number of hydrogen-bond donors (Lipinski definition) is 0. The smallest absolute Gasteiger partial charge is 0.310 e. The molecule has 128 valence electrons. The van der Waals surface area contributed by atoms with Crippen molar-refractivity contribution < 1.29 is 14.3 Å². The lowest BCUT2D eigenvalue weighted by Gasteiger charge is -2.21. The molecule has 1 fully saturated rings. The molecule has 0 unspecified atom stereocenters. The van der Waals surface area contributed by atoms with E-state index >= 15 is 0 Å². The van der Waals surface area contributed by atoms with Crippen LogP contribution in [0, 0.1) is 5.92 Å². The van der Waals surface area contributed by atoms with Crippen molar-refractivity contribution >= 4 is 45.2 Å². The Bertz CT molecular complexity index is 707. The fourth-order valence-electron chi connectivity index (χ4n) is 2.62. The van der Waals surface area contributed by atoms with E-state index < -0.39 is 6.10 Å². The summed E-state index contributed by atoms with van der Waals surface area (Å²) >= 11 is 3.33. The molecule has 3 rings (SSSR count). The van der Waals surface area contributed by atoms with Crippen molar-refractivity contribution in [2.45, 2.75) is 26.0 Å². The van der Waals surface area contributed by atoms with Gasteiger partial charge in [-0.1, -0.05) is 12.1 Å². The summed E-state index contributed by atoms with van der Waals surface area (Å²) in [6.45, 7) is 2.05. The summed E-state index contributed by atoms with van der Waals surface area (Å²) in [6.07, 6.45) is 0.0776. The van der Waals surface area contributed by atoms with Crippen LogP contribution in [0.1, 0.15) is 18.4 Å². The number of thioether (sulfide) groups is 1. The van der Waals surface area contributed by atoms with Gasteiger partial charge in [-0.05, 0) is 31.2 Å². The summed E-state index contributed by atoms with van der Waals surface area (Å²) in [5, 5.41) is 0.873. The summed E-state index contributed by atoms with van der Waals surface area (Å²) in [5.74, 6) is 1.25. The number of rotatable bonds is 5. The van der Waals surface area contributed by atoms with Crippen molar-refractivity contribution in [3.63, 3.8) is 0 Å². The number of hydrogen-bond acceptors (Lipinski definition) is 6. The molecule has 1 saturated heterocycles. The van der Waals surface area contributed by atoms with Gasteiger partial charge in [0.2, 0.25) is 0 Å². The molecule has 2 heterocycles. The Morgan fingerprint density at radius 2 is 2.21 bits per heavy atom. The Balaban J connectivity index is 1.57. The number of thiazole rings is 1. The highest BCUT2D eigenvalue weighted by atomic mass is 32.2. The number of aromatic nitrogens is 1. The number of esters is 1. The van der Waals surface area contributed by atoms with E-state index in [4.69, 9.17) is 4.74 Å². The third-order valence-corrected chi connectivity index (χ3v) is 6.17. The van der Waals surface area contributed by atoms with Crippen LogP contribution >= 0.6 is 23.1 Å². The van der Waals surface area contributed by atoms with Crippen LogP contribution < -0.4 is 0 Å². The quantitative estimate of drug-likeness (QED) is 0.764. The van der Waals surface area contributed by atoms with Crippen LogP contribution in [0.2, 0.25) is 0 Å². The molecule has 1 aromatic carbocycles. The Hall–Kier alpha value is -1.60. The molecule has 0 spiro atoms. The van der Waals surface area contributed by atoms with Crippen molar-refractivity contribution in [1.29, 1.82) is 0 Å². The Morgan fingerprint density at radius 3 is 2.92 bits per heavy atom. The number of likely N-dealkylation sites (N-methyl/N-ethyl adjacent to an activating group) is 1. The fourth-order valence-corrected chi connectivity index (χ4v) is 4.85. The van der Waals surface area contributed by atoms with Crippen LogP contribution in [-0.2, 0) is 20.9 Å². The molecule has 0 radical (unpaired) electrons. The molecule has 7 heteroatoms. The van der Waals surface area contributed by atoms with Gasteiger partial charge in [0.05, 0.1) is 22.7 Å². The zero-order valence-corrected chi connectivity index (χ0v) is 15.4. The average molecular weight is 364 g/mol. The minimum absolute atomic E-state index is 0.0696. The molecule has 2 aromatic rings. The van der Waals surface area contributed by atoms with Crippen molar-refractivity contribution in [1.82, 2.24) is 9.88 Å². The topological polar surface area (TPSA) is 59.5 Å². The number of nitrogens with zero attached hydrogens (tertiary/aromatic N) is 2. The number of ether oxygens (including phenoxy) is 1. The summed E-state index contributed by atoms with van der Waals surface area (Å²) in [4.78, 5) is 30.6. The number of amides is 1. The second-order valence-corrected chi connectivity index (χ2v) is 8.17. The van der Waals surface area contributed by atoms with Crippen molar-refractivity contribution in [2.75, 3.05) is 18.6 Å². The van der Waals surface area contributed by atoms with Crippen LogP contribution in [0.3, 0.4) is 0 Å². The number of fused-ring (bicyclic) bond motifs is 1. The first-order valence-corrected chi connectivity index (χ1v) is 9.89. The third-order valence-electron chi connectivity index (χ3n) is 3.99. The normalized spacial score (nSPS) is 18.5. The van der Waals surface area contributed by atoms with Gasteiger partial charge in [-0.15, -0.1) is 11.3 Å². The van der Waals surface area contributed by atoms with Gasteiger partial charge in [0, 0.05) is 12.8 Å². The molecule has 5 nitrogen and oxygen atoms in total. The molecule has 0 aliphatic carbocycles. The van der Waals surface area contributed by atoms with Gasteiger partial charge in [-0.25, -0.2) is 4.98 Å².